The molecule has 0 unspecified atom stereocenters. The Balaban J connectivity index is 1.41. The molecule has 2 amide bonds. The normalized spacial score (nSPS) is 15.0. The fourth-order valence-corrected chi connectivity index (χ4v) is 7.64. The number of aromatic nitrogens is 2. The van der Waals surface area contributed by atoms with Gasteiger partial charge in [0.05, 0.1) is 11.4 Å². The average molecular weight is 711 g/mol. The van der Waals surface area contributed by atoms with Gasteiger partial charge in [-0.25, -0.2) is 9.48 Å². The number of amides is 2. The SMILES string of the molecule is Cc1ccc(-c2ccc3c(c2)c(NC(=O)[C@@H]2CCCN(C(=O)OC(C)(C)C)C2)nn3C(c2ccccc2)(c2ccccc2)c2ccccc2)c(Cl)c1. The molecule has 0 aliphatic carbocycles. The second-order valence-electron chi connectivity index (χ2n) is 14.5. The number of nitrogens with zero attached hydrogens (tertiary/aromatic N) is 3. The van der Waals surface area contributed by atoms with Gasteiger partial charge in [-0.05, 0) is 86.6 Å². The number of piperidine rings is 1. The van der Waals surface area contributed by atoms with E-state index in [9.17, 15) is 9.59 Å². The van der Waals surface area contributed by atoms with Crippen LogP contribution in [-0.2, 0) is 15.1 Å². The van der Waals surface area contributed by atoms with Crippen molar-refractivity contribution in [3.8, 4) is 11.1 Å². The van der Waals surface area contributed by atoms with E-state index in [-0.39, 0.29) is 12.5 Å². The maximum Gasteiger partial charge on any atom is 0.410 e. The third-order valence-electron chi connectivity index (χ3n) is 9.69. The van der Waals surface area contributed by atoms with Gasteiger partial charge in [-0.3, -0.25) is 4.79 Å². The molecular weight excluding hydrogens is 668 g/mol. The predicted molar refractivity (Wildman–Crippen MR) is 209 cm³/mol. The summed E-state index contributed by atoms with van der Waals surface area (Å²) in [4.78, 5) is 28.9. The number of carbonyl (C=O) groups excluding carboxylic acids is 2. The topological polar surface area (TPSA) is 76.5 Å². The summed E-state index contributed by atoms with van der Waals surface area (Å²) in [5.74, 6) is -0.187. The first-order chi connectivity index (χ1) is 25.0. The smallest absolute Gasteiger partial charge is 0.410 e. The molecule has 7 rings (SSSR count). The molecule has 8 heteroatoms. The Morgan fingerprint density at radius 1 is 0.808 bits per heavy atom. The Labute approximate surface area is 310 Å². The fourth-order valence-electron chi connectivity index (χ4n) is 7.30. The minimum atomic E-state index is -0.910. The Bertz CT molecular complexity index is 2110. The van der Waals surface area contributed by atoms with Crippen LogP contribution in [0, 0.1) is 12.8 Å². The molecule has 264 valence electrons. The van der Waals surface area contributed by atoms with E-state index in [4.69, 9.17) is 21.4 Å². The average Bonchev–Trinajstić information content (AvgIpc) is 3.50. The second kappa shape index (κ2) is 14.3. The number of hydrogen-bond acceptors (Lipinski definition) is 4. The van der Waals surface area contributed by atoms with Crippen LogP contribution in [0.3, 0.4) is 0 Å². The van der Waals surface area contributed by atoms with Crippen molar-refractivity contribution >= 4 is 40.3 Å². The van der Waals surface area contributed by atoms with Crippen LogP contribution in [0.5, 0.6) is 0 Å². The van der Waals surface area contributed by atoms with Crippen molar-refractivity contribution in [1.29, 1.82) is 0 Å². The number of rotatable bonds is 7. The van der Waals surface area contributed by atoms with Gasteiger partial charge in [0, 0.05) is 29.1 Å². The molecule has 52 heavy (non-hydrogen) atoms. The molecule has 1 atom stereocenters. The molecule has 1 aliphatic rings. The van der Waals surface area contributed by atoms with E-state index >= 15 is 0 Å². The standard InChI is InChI=1S/C44H43ClN4O3/c1-30-22-24-36(38(45)27-30)31-23-25-39-37(28-31)40(46-41(50)32-15-14-26-48(29-32)42(51)52-43(2,3)4)47-49(39)44(33-16-8-5-9-17-33,34-18-10-6-11-19-34)35-20-12-7-13-21-35/h5-13,16-25,27-28,32H,14-15,26,29H2,1-4H3,(H,46,47,50)/t32-/m1/s1. The van der Waals surface area contributed by atoms with Gasteiger partial charge in [0.2, 0.25) is 5.91 Å². The Kier molecular flexibility index (Phi) is 9.64. The number of carbonyl (C=O) groups is 2. The molecule has 0 bridgehead atoms. The van der Waals surface area contributed by atoms with E-state index in [2.05, 4.69) is 59.9 Å². The number of likely N-dealkylation sites (tertiary alicyclic amines) is 1. The number of anilines is 1. The predicted octanol–water partition coefficient (Wildman–Crippen LogP) is 10.1. The van der Waals surface area contributed by atoms with E-state index in [0.29, 0.717) is 30.2 Å². The molecule has 0 radical (unpaired) electrons. The minimum absolute atomic E-state index is 0.191. The monoisotopic (exact) mass is 710 g/mol. The largest absolute Gasteiger partial charge is 0.444 e. The van der Waals surface area contributed by atoms with E-state index in [0.717, 1.165) is 44.3 Å². The van der Waals surface area contributed by atoms with Gasteiger partial charge in [0.25, 0.3) is 0 Å². The summed E-state index contributed by atoms with van der Waals surface area (Å²) in [6.07, 6.45) is 0.940. The van der Waals surface area contributed by atoms with Crippen molar-refractivity contribution in [2.24, 2.45) is 5.92 Å². The molecule has 1 fully saturated rings. The van der Waals surface area contributed by atoms with Crippen LogP contribution >= 0.6 is 11.6 Å². The molecule has 6 aromatic rings. The second-order valence-corrected chi connectivity index (χ2v) is 14.9. The van der Waals surface area contributed by atoms with Gasteiger partial charge in [-0.1, -0.05) is 121 Å². The number of benzene rings is 5. The molecule has 1 aromatic heterocycles. The van der Waals surface area contributed by atoms with Crippen LogP contribution < -0.4 is 5.32 Å². The highest BCUT2D eigenvalue weighted by Crippen LogP contribution is 2.44. The van der Waals surface area contributed by atoms with Crippen LogP contribution in [0.1, 0.15) is 55.9 Å². The molecule has 2 heterocycles. The lowest BCUT2D eigenvalue weighted by Gasteiger charge is -2.37. The molecule has 0 spiro atoms. The van der Waals surface area contributed by atoms with E-state index in [1.165, 1.54) is 0 Å². The molecule has 0 saturated carbocycles. The van der Waals surface area contributed by atoms with E-state index in [1.54, 1.807) is 4.90 Å². The number of fused-ring (bicyclic) bond motifs is 1. The summed E-state index contributed by atoms with van der Waals surface area (Å²) >= 11 is 6.81. The van der Waals surface area contributed by atoms with Crippen molar-refractivity contribution in [1.82, 2.24) is 14.7 Å². The molecule has 7 nitrogen and oxygen atoms in total. The van der Waals surface area contributed by atoms with Crippen LogP contribution in [0.25, 0.3) is 22.0 Å². The summed E-state index contributed by atoms with van der Waals surface area (Å²) in [5, 5.41) is 10.00. The lowest BCUT2D eigenvalue weighted by Crippen LogP contribution is -2.45. The van der Waals surface area contributed by atoms with Crippen molar-refractivity contribution in [3.05, 3.63) is 155 Å². The van der Waals surface area contributed by atoms with Gasteiger partial charge in [-0.15, -0.1) is 0 Å². The van der Waals surface area contributed by atoms with Crippen LogP contribution in [-0.4, -0.2) is 45.4 Å². The fraction of sp³-hybridized carbons (Fsp3) is 0.250. The first kappa shape index (κ1) is 35.0. The molecular formula is C44H43ClN4O3. The van der Waals surface area contributed by atoms with Crippen LogP contribution in [0.15, 0.2) is 127 Å². The Morgan fingerprint density at radius 3 is 1.96 bits per heavy atom. The number of aryl methyl sites for hydroxylation is 1. The Hall–Kier alpha value is -5.40. The number of halogens is 1. The molecule has 1 aliphatic heterocycles. The van der Waals surface area contributed by atoms with Crippen molar-refractivity contribution in [3.63, 3.8) is 0 Å². The number of ether oxygens (including phenoxy) is 1. The minimum Gasteiger partial charge on any atom is -0.444 e. The van der Waals surface area contributed by atoms with Crippen LogP contribution in [0.4, 0.5) is 10.6 Å². The summed E-state index contributed by atoms with van der Waals surface area (Å²) in [5.41, 5.74) is 5.21. The summed E-state index contributed by atoms with van der Waals surface area (Å²) < 4.78 is 7.70. The zero-order chi connectivity index (χ0) is 36.5. The highest BCUT2D eigenvalue weighted by atomic mass is 35.5. The van der Waals surface area contributed by atoms with Gasteiger partial charge >= 0.3 is 6.09 Å². The third kappa shape index (κ3) is 6.81. The highest BCUT2D eigenvalue weighted by molar-refractivity contribution is 6.33. The lowest BCUT2D eigenvalue weighted by molar-refractivity contribution is -0.121. The van der Waals surface area contributed by atoms with Crippen molar-refractivity contribution in [2.45, 2.75) is 51.7 Å². The quantitative estimate of drug-likeness (QED) is 0.167. The molecule has 5 aromatic carbocycles. The van der Waals surface area contributed by atoms with Crippen molar-refractivity contribution in [2.75, 3.05) is 18.4 Å². The zero-order valence-corrected chi connectivity index (χ0v) is 30.7. The van der Waals surface area contributed by atoms with Gasteiger partial charge in [0.1, 0.15) is 11.1 Å². The van der Waals surface area contributed by atoms with E-state index in [1.807, 2.05) is 105 Å². The zero-order valence-electron chi connectivity index (χ0n) is 30.0. The summed E-state index contributed by atoms with van der Waals surface area (Å²) in [6, 6.07) is 43.3. The molecule has 1 N–H and O–H groups in total. The van der Waals surface area contributed by atoms with E-state index < -0.39 is 23.2 Å². The maximum absolute atomic E-state index is 14.2. The summed E-state index contributed by atoms with van der Waals surface area (Å²) in [7, 11) is 0. The first-order valence-corrected chi connectivity index (χ1v) is 18.2. The highest BCUT2D eigenvalue weighted by Gasteiger charge is 2.41. The number of nitrogens with one attached hydrogen (secondary N) is 1. The first-order valence-electron chi connectivity index (χ1n) is 17.8. The number of hydrogen-bond donors (Lipinski definition) is 1. The van der Waals surface area contributed by atoms with Crippen LogP contribution in [0.2, 0.25) is 5.02 Å². The van der Waals surface area contributed by atoms with Gasteiger partial charge in [0.15, 0.2) is 5.82 Å². The third-order valence-corrected chi connectivity index (χ3v) is 10.0. The maximum atomic E-state index is 14.2. The lowest BCUT2D eigenvalue weighted by atomic mass is 9.77. The van der Waals surface area contributed by atoms with Crippen molar-refractivity contribution < 1.29 is 14.3 Å². The van der Waals surface area contributed by atoms with Gasteiger partial charge < -0.3 is 15.0 Å². The Morgan fingerprint density at radius 2 is 1.40 bits per heavy atom. The summed E-state index contributed by atoms with van der Waals surface area (Å²) in [6.45, 7) is 8.37. The molecule has 1 saturated heterocycles. The van der Waals surface area contributed by atoms with Gasteiger partial charge in [-0.2, -0.15) is 5.10 Å².